The molecule has 4 rings (SSSR count). The molecule has 0 atom stereocenters. The van der Waals surface area contributed by atoms with Crippen LogP contribution in [0, 0.1) is 0 Å². The summed E-state index contributed by atoms with van der Waals surface area (Å²) < 4.78 is 1.92. The van der Waals surface area contributed by atoms with Crippen molar-refractivity contribution in [2.45, 2.75) is 77.3 Å². The maximum atomic E-state index is 12.8. The molecule has 32 heavy (non-hydrogen) atoms. The summed E-state index contributed by atoms with van der Waals surface area (Å²) in [5, 5.41) is 32.4. The van der Waals surface area contributed by atoms with Crippen LogP contribution in [0.1, 0.15) is 87.4 Å². The summed E-state index contributed by atoms with van der Waals surface area (Å²) in [6.07, 6.45) is 6.61. The Hall–Kier alpha value is -2.61. The lowest BCUT2D eigenvalue weighted by molar-refractivity contribution is 0.0933. The third kappa shape index (κ3) is 4.33. The van der Waals surface area contributed by atoms with Crippen molar-refractivity contribution in [3.05, 3.63) is 23.5 Å². The highest BCUT2D eigenvalue weighted by molar-refractivity contribution is 5.91. The van der Waals surface area contributed by atoms with Gasteiger partial charge in [-0.15, -0.1) is 10.2 Å². The number of aromatic hydroxyl groups is 2. The van der Waals surface area contributed by atoms with Gasteiger partial charge in [0.25, 0.3) is 5.91 Å². The Bertz CT molecular complexity index is 957. The number of likely N-dealkylation sites (tertiary alicyclic amines) is 1. The minimum absolute atomic E-state index is 0.0578. The summed E-state index contributed by atoms with van der Waals surface area (Å²) in [6.45, 7) is 8.74. The van der Waals surface area contributed by atoms with Crippen LogP contribution in [0.15, 0.2) is 12.1 Å². The second kappa shape index (κ2) is 9.48. The molecule has 1 amide bonds. The molecule has 174 valence electrons. The van der Waals surface area contributed by atoms with Crippen LogP contribution in [0.5, 0.6) is 11.5 Å². The predicted molar refractivity (Wildman–Crippen MR) is 123 cm³/mol. The summed E-state index contributed by atoms with van der Waals surface area (Å²) >= 11 is 0. The Morgan fingerprint density at radius 3 is 2.34 bits per heavy atom. The van der Waals surface area contributed by atoms with Crippen molar-refractivity contribution in [3.63, 3.8) is 0 Å². The van der Waals surface area contributed by atoms with Crippen LogP contribution < -0.4 is 5.32 Å². The number of phenolic OH excluding ortho intramolecular Hbond substituents is 2. The van der Waals surface area contributed by atoms with Gasteiger partial charge in [-0.3, -0.25) is 9.36 Å². The number of phenols is 2. The first-order valence-corrected chi connectivity index (χ1v) is 11.9. The quantitative estimate of drug-likeness (QED) is 0.630. The average Bonchev–Trinajstić information content (AvgIpc) is 3.44. The second-order valence-corrected chi connectivity index (χ2v) is 9.36. The number of nitrogens with zero attached hydrogens (tertiary/aromatic N) is 4. The van der Waals surface area contributed by atoms with Gasteiger partial charge >= 0.3 is 0 Å². The summed E-state index contributed by atoms with van der Waals surface area (Å²) in [6, 6.07) is 3.83. The van der Waals surface area contributed by atoms with Gasteiger partial charge in [0.1, 0.15) is 11.5 Å². The summed E-state index contributed by atoms with van der Waals surface area (Å²) in [5.74, 6) is 0.580. The van der Waals surface area contributed by atoms with Crippen molar-refractivity contribution in [2.75, 3.05) is 19.6 Å². The smallest absolute Gasteiger partial charge is 0.289 e. The molecule has 2 heterocycles. The minimum Gasteiger partial charge on any atom is -0.508 e. The molecule has 2 aliphatic rings. The van der Waals surface area contributed by atoms with Gasteiger partial charge in [0.15, 0.2) is 5.82 Å². The molecule has 1 saturated heterocycles. The number of amides is 1. The van der Waals surface area contributed by atoms with Gasteiger partial charge in [-0.1, -0.05) is 13.8 Å². The first-order valence-electron chi connectivity index (χ1n) is 11.9. The van der Waals surface area contributed by atoms with Crippen molar-refractivity contribution < 1.29 is 15.0 Å². The lowest BCUT2D eigenvalue weighted by Gasteiger charge is -2.35. The highest BCUT2D eigenvalue weighted by Gasteiger charge is 2.33. The Labute approximate surface area is 189 Å². The normalized spacial score (nSPS) is 21.9. The Kier molecular flexibility index (Phi) is 6.69. The van der Waals surface area contributed by atoms with Crippen LogP contribution in [0.3, 0.4) is 0 Å². The lowest BCUT2D eigenvalue weighted by Crippen LogP contribution is -2.37. The first kappa shape index (κ1) is 22.6. The SMILES string of the molecule is CCNC(=O)c1nnc(-c2cc(C(C)C)c(O)cc2O)n1C1CCC(N2CCCC2)CC1. The molecule has 1 aliphatic carbocycles. The van der Waals surface area contributed by atoms with E-state index in [-0.39, 0.29) is 35.2 Å². The predicted octanol–water partition coefficient (Wildman–Crippen LogP) is 3.81. The largest absolute Gasteiger partial charge is 0.508 e. The molecular formula is C24H35N5O3. The maximum Gasteiger partial charge on any atom is 0.289 e. The van der Waals surface area contributed by atoms with Gasteiger partial charge in [-0.2, -0.15) is 0 Å². The van der Waals surface area contributed by atoms with Crippen LogP contribution >= 0.6 is 0 Å². The van der Waals surface area contributed by atoms with E-state index in [1.807, 2.05) is 25.3 Å². The van der Waals surface area contributed by atoms with E-state index in [0.29, 0.717) is 24.0 Å². The fourth-order valence-electron chi connectivity index (χ4n) is 5.24. The molecule has 0 radical (unpaired) electrons. The van der Waals surface area contributed by atoms with E-state index in [0.717, 1.165) is 31.2 Å². The van der Waals surface area contributed by atoms with Gasteiger partial charge in [0.2, 0.25) is 5.82 Å². The molecule has 0 unspecified atom stereocenters. The van der Waals surface area contributed by atoms with Crippen LogP contribution in [0.2, 0.25) is 0 Å². The fourth-order valence-corrected chi connectivity index (χ4v) is 5.24. The highest BCUT2D eigenvalue weighted by Crippen LogP contribution is 2.40. The van der Waals surface area contributed by atoms with Crippen LogP contribution in [0.25, 0.3) is 11.4 Å². The third-order valence-electron chi connectivity index (χ3n) is 6.93. The summed E-state index contributed by atoms with van der Waals surface area (Å²) in [7, 11) is 0. The topological polar surface area (TPSA) is 104 Å². The van der Waals surface area contributed by atoms with Crippen LogP contribution in [-0.4, -0.2) is 61.5 Å². The molecule has 2 fully saturated rings. The highest BCUT2D eigenvalue weighted by atomic mass is 16.3. The van der Waals surface area contributed by atoms with E-state index in [1.165, 1.54) is 32.0 Å². The van der Waals surface area contributed by atoms with E-state index in [2.05, 4.69) is 20.4 Å². The second-order valence-electron chi connectivity index (χ2n) is 9.36. The molecule has 1 saturated carbocycles. The number of hydrogen-bond acceptors (Lipinski definition) is 6. The van der Waals surface area contributed by atoms with Gasteiger partial charge in [0, 0.05) is 24.7 Å². The zero-order valence-corrected chi connectivity index (χ0v) is 19.3. The number of nitrogens with one attached hydrogen (secondary N) is 1. The maximum absolute atomic E-state index is 12.8. The van der Waals surface area contributed by atoms with Crippen molar-refractivity contribution in [1.29, 1.82) is 0 Å². The van der Waals surface area contributed by atoms with Crippen molar-refractivity contribution in [2.24, 2.45) is 0 Å². The van der Waals surface area contributed by atoms with E-state index < -0.39 is 0 Å². The lowest BCUT2D eigenvalue weighted by atomic mass is 9.89. The standard InChI is InChI=1S/C24H35N5O3/c1-4-25-24(32)23-27-26-22(19-13-18(15(2)3)20(30)14-21(19)31)29(23)17-9-7-16(8-10-17)28-11-5-6-12-28/h13-17,30-31H,4-12H2,1-3H3,(H,25,32). The average molecular weight is 442 g/mol. The Morgan fingerprint density at radius 2 is 1.72 bits per heavy atom. The zero-order valence-electron chi connectivity index (χ0n) is 19.3. The van der Waals surface area contributed by atoms with Crippen molar-refractivity contribution in [3.8, 4) is 22.9 Å². The molecule has 2 aromatic rings. The molecule has 8 heteroatoms. The van der Waals surface area contributed by atoms with Gasteiger partial charge in [0.05, 0.1) is 5.56 Å². The summed E-state index contributed by atoms with van der Waals surface area (Å²) in [4.78, 5) is 15.4. The number of carbonyl (C=O) groups excluding carboxylic acids is 1. The number of aromatic nitrogens is 3. The number of carbonyl (C=O) groups is 1. The molecule has 1 aromatic heterocycles. The van der Waals surface area contributed by atoms with Crippen molar-refractivity contribution >= 4 is 5.91 Å². The minimum atomic E-state index is -0.254. The van der Waals surface area contributed by atoms with Crippen LogP contribution in [0.4, 0.5) is 0 Å². The Morgan fingerprint density at radius 1 is 1.06 bits per heavy atom. The number of hydrogen-bond donors (Lipinski definition) is 3. The summed E-state index contributed by atoms with van der Waals surface area (Å²) in [5.41, 5.74) is 1.22. The third-order valence-corrected chi connectivity index (χ3v) is 6.93. The molecule has 3 N–H and O–H groups in total. The Balaban J connectivity index is 1.70. The molecule has 0 bridgehead atoms. The molecule has 1 aliphatic heterocycles. The van der Waals surface area contributed by atoms with E-state index in [9.17, 15) is 15.0 Å². The van der Waals surface area contributed by atoms with E-state index in [4.69, 9.17) is 0 Å². The van der Waals surface area contributed by atoms with Crippen molar-refractivity contribution in [1.82, 2.24) is 25.0 Å². The molecular weight excluding hydrogens is 406 g/mol. The van der Waals surface area contributed by atoms with E-state index in [1.54, 1.807) is 6.07 Å². The fraction of sp³-hybridized carbons (Fsp3) is 0.625. The van der Waals surface area contributed by atoms with Gasteiger partial charge in [-0.25, -0.2) is 0 Å². The molecule has 1 aromatic carbocycles. The zero-order chi connectivity index (χ0) is 22.8. The monoisotopic (exact) mass is 441 g/mol. The van der Waals surface area contributed by atoms with E-state index >= 15 is 0 Å². The first-order chi connectivity index (χ1) is 15.4. The number of benzene rings is 1. The molecule has 0 spiro atoms. The van der Waals surface area contributed by atoms with Gasteiger partial charge < -0.3 is 20.4 Å². The molecule has 8 nitrogen and oxygen atoms in total. The number of rotatable bonds is 6. The van der Waals surface area contributed by atoms with Crippen LogP contribution in [-0.2, 0) is 0 Å². The van der Waals surface area contributed by atoms with Gasteiger partial charge in [-0.05, 0) is 76.1 Å².